The Morgan fingerprint density at radius 1 is 1.28 bits per heavy atom. The van der Waals surface area contributed by atoms with Crippen molar-refractivity contribution in [2.45, 2.75) is 33.2 Å². The molecule has 4 heteroatoms. The number of amides is 2. The quantitative estimate of drug-likeness (QED) is 0.823. The van der Waals surface area contributed by atoms with E-state index < -0.39 is 0 Å². The Morgan fingerprint density at radius 3 is 2.72 bits per heavy atom. The number of hydrogen-bond donors (Lipinski definition) is 1. The summed E-state index contributed by atoms with van der Waals surface area (Å²) < 4.78 is 0. The number of rotatable bonds is 1. The van der Waals surface area contributed by atoms with E-state index in [9.17, 15) is 9.59 Å². The molecular formula is C14H18N2O2. The Kier molecular flexibility index (Phi) is 3.65. The Balaban J connectivity index is 2.36. The van der Waals surface area contributed by atoms with Crippen LogP contribution in [0.1, 0.15) is 31.4 Å². The van der Waals surface area contributed by atoms with Gasteiger partial charge in [0, 0.05) is 32.6 Å². The summed E-state index contributed by atoms with van der Waals surface area (Å²) in [7, 11) is 0. The second kappa shape index (κ2) is 5.21. The first kappa shape index (κ1) is 12.6. The van der Waals surface area contributed by atoms with Crippen molar-refractivity contribution in [1.82, 2.24) is 4.90 Å². The summed E-state index contributed by atoms with van der Waals surface area (Å²) in [4.78, 5) is 24.6. The number of fused-ring (bicyclic) bond motifs is 1. The molecule has 96 valence electrons. The molecule has 0 spiro atoms. The summed E-state index contributed by atoms with van der Waals surface area (Å²) in [5.74, 6) is 0.00231. The molecule has 1 aromatic carbocycles. The molecule has 0 aromatic heterocycles. The number of carbonyl (C=O) groups is 2. The molecule has 0 aliphatic carbocycles. The van der Waals surface area contributed by atoms with Crippen molar-refractivity contribution in [3.8, 4) is 0 Å². The minimum absolute atomic E-state index is 0.0815. The van der Waals surface area contributed by atoms with Crippen LogP contribution in [-0.4, -0.2) is 23.3 Å². The number of nitrogens with zero attached hydrogens (tertiary/aromatic N) is 1. The van der Waals surface area contributed by atoms with E-state index in [2.05, 4.69) is 11.4 Å². The van der Waals surface area contributed by atoms with Crippen molar-refractivity contribution >= 4 is 17.5 Å². The first-order chi connectivity index (χ1) is 8.58. The Labute approximate surface area is 107 Å². The molecule has 0 atom stereocenters. The van der Waals surface area contributed by atoms with Crippen molar-refractivity contribution in [2.24, 2.45) is 0 Å². The predicted octanol–water partition coefficient (Wildman–Crippen LogP) is 1.94. The van der Waals surface area contributed by atoms with Gasteiger partial charge >= 0.3 is 0 Å². The highest BCUT2D eigenvalue weighted by Gasteiger charge is 2.18. The number of nitrogens with one attached hydrogen (secondary N) is 1. The van der Waals surface area contributed by atoms with Crippen molar-refractivity contribution < 1.29 is 9.59 Å². The molecule has 0 saturated carbocycles. The number of anilines is 1. The molecule has 18 heavy (non-hydrogen) atoms. The van der Waals surface area contributed by atoms with Gasteiger partial charge in [-0.05, 0) is 30.0 Å². The fourth-order valence-electron chi connectivity index (χ4n) is 2.36. The van der Waals surface area contributed by atoms with E-state index in [4.69, 9.17) is 0 Å². The zero-order valence-electron chi connectivity index (χ0n) is 10.8. The lowest BCUT2D eigenvalue weighted by atomic mass is 10.0. The van der Waals surface area contributed by atoms with Gasteiger partial charge in [0.05, 0.1) is 0 Å². The Bertz CT molecular complexity index is 483. The number of hydrogen-bond acceptors (Lipinski definition) is 2. The molecule has 4 nitrogen and oxygen atoms in total. The first-order valence-corrected chi connectivity index (χ1v) is 6.22. The van der Waals surface area contributed by atoms with Crippen molar-refractivity contribution in [3.05, 3.63) is 29.3 Å². The smallest absolute Gasteiger partial charge is 0.221 e. The average Bonchev–Trinajstić information content (AvgIpc) is 2.51. The van der Waals surface area contributed by atoms with Crippen LogP contribution >= 0.6 is 0 Å². The lowest BCUT2D eigenvalue weighted by Crippen LogP contribution is -2.28. The summed E-state index contributed by atoms with van der Waals surface area (Å²) in [6.45, 7) is 4.45. The van der Waals surface area contributed by atoms with Gasteiger partial charge in [0.1, 0.15) is 0 Å². The second-order valence-electron chi connectivity index (χ2n) is 4.67. The van der Waals surface area contributed by atoms with Crippen LogP contribution in [0.15, 0.2) is 18.2 Å². The molecule has 2 amide bonds. The lowest BCUT2D eigenvalue weighted by molar-refractivity contribution is -0.129. The van der Waals surface area contributed by atoms with Gasteiger partial charge in [0.2, 0.25) is 11.8 Å². The van der Waals surface area contributed by atoms with Crippen LogP contribution in [0.4, 0.5) is 5.69 Å². The first-order valence-electron chi connectivity index (χ1n) is 6.22. The number of aryl methyl sites for hydroxylation is 1. The molecule has 1 heterocycles. The van der Waals surface area contributed by atoms with Gasteiger partial charge in [-0.25, -0.2) is 0 Å². The minimum Gasteiger partial charge on any atom is -0.339 e. The maximum Gasteiger partial charge on any atom is 0.221 e. The van der Waals surface area contributed by atoms with Crippen LogP contribution in [0.25, 0.3) is 0 Å². The van der Waals surface area contributed by atoms with E-state index in [0.29, 0.717) is 6.54 Å². The molecule has 0 saturated heterocycles. The normalized spacial score (nSPS) is 14.7. The minimum atomic E-state index is -0.0815. The molecule has 0 unspecified atom stereocenters. The number of benzene rings is 1. The molecular weight excluding hydrogens is 228 g/mol. The van der Waals surface area contributed by atoms with E-state index in [1.165, 1.54) is 12.5 Å². The summed E-state index contributed by atoms with van der Waals surface area (Å²) in [6.07, 6.45) is 1.92. The molecule has 1 N–H and O–H groups in total. The second-order valence-corrected chi connectivity index (χ2v) is 4.67. The molecule has 2 rings (SSSR count). The zero-order chi connectivity index (χ0) is 13.1. The fraction of sp³-hybridized carbons (Fsp3) is 0.429. The third-order valence-corrected chi connectivity index (χ3v) is 3.25. The third-order valence-electron chi connectivity index (χ3n) is 3.25. The standard InChI is InChI=1S/C14H18N2O2/c1-10(17)15-14-7-3-5-12-6-4-8-16(11(2)18)9-13(12)14/h3,5,7H,4,6,8-9H2,1-2H3,(H,15,17). The fourth-order valence-corrected chi connectivity index (χ4v) is 2.36. The Morgan fingerprint density at radius 2 is 2.06 bits per heavy atom. The highest BCUT2D eigenvalue weighted by Crippen LogP contribution is 2.26. The number of carbonyl (C=O) groups excluding carboxylic acids is 2. The van der Waals surface area contributed by atoms with Crippen molar-refractivity contribution in [2.75, 3.05) is 11.9 Å². The predicted molar refractivity (Wildman–Crippen MR) is 70.2 cm³/mol. The highest BCUT2D eigenvalue weighted by atomic mass is 16.2. The van der Waals surface area contributed by atoms with Crippen molar-refractivity contribution in [3.63, 3.8) is 0 Å². The van der Waals surface area contributed by atoms with Gasteiger partial charge in [0.25, 0.3) is 0 Å². The lowest BCUT2D eigenvalue weighted by Gasteiger charge is -2.20. The summed E-state index contributed by atoms with van der Waals surface area (Å²) >= 11 is 0. The van der Waals surface area contributed by atoms with Gasteiger partial charge in [-0.15, -0.1) is 0 Å². The average molecular weight is 246 g/mol. The van der Waals surface area contributed by atoms with Crippen LogP contribution in [0.3, 0.4) is 0 Å². The monoisotopic (exact) mass is 246 g/mol. The van der Waals surface area contributed by atoms with Crippen LogP contribution in [0, 0.1) is 0 Å². The van der Waals surface area contributed by atoms with Gasteiger partial charge in [-0.1, -0.05) is 12.1 Å². The van der Waals surface area contributed by atoms with Gasteiger partial charge < -0.3 is 10.2 Å². The van der Waals surface area contributed by atoms with E-state index in [0.717, 1.165) is 30.6 Å². The molecule has 0 bridgehead atoms. The van der Waals surface area contributed by atoms with Crippen LogP contribution in [0.5, 0.6) is 0 Å². The molecule has 1 aliphatic heterocycles. The summed E-state index contributed by atoms with van der Waals surface area (Å²) in [6, 6.07) is 5.92. The maximum atomic E-state index is 11.5. The van der Waals surface area contributed by atoms with Gasteiger partial charge in [0.15, 0.2) is 0 Å². The van der Waals surface area contributed by atoms with Crippen molar-refractivity contribution in [1.29, 1.82) is 0 Å². The van der Waals surface area contributed by atoms with E-state index in [-0.39, 0.29) is 11.8 Å². The molecule has 1 aromatic rings. The van der Waals surface area contributed by atoms with Gasteiger partial charge in [-0.3, -0.25) is 9.59 Å². The molecule has 0 radical (unpaired) electrons. The Hall–Kier alpha value is -1.84. The van der Waals surface area contributed by atoms with E-state index in [1.807, 2.05) is 17.0 Å². The summed E-state index contributed by atoms with van der Waals surface area (Å²) in [5, 5.41) is 2.84. The SMILES string of the molecule is CC(=O)Nc1cccc2c1CN(C(C)=O)CCC2. The van der Waals surface area contributed by atoms with E-state index >= 15 is 0 Å². The largest absolute Gasteiger partial charge is 0.339 e. The van der Waals surface area contributed by atoms with E-state index in [1.54, 1.807) is 6.92 Å². The van der Waals surface area contributed by atoms with Crippen LogP contribution in [0.2, 0.25) is 0 Å². The maximum absolute atomic E-state index is 11.5. The summed E-state index contributed by atoms with van der Waals surface area (Å²) in [5.41, 5.74) is 3.12. The third kappa shape index (κ3) is 2.70. The molecule has 0 fully saturated rings. The van der Waals surface area contributed by atoms with Gasteiger partial charge in [-0.2, -0.15) is 0 Å². The molecule has 1 aliphatic rings. The van der Waals surface area contributed by atoms with Crippen LogP contribution < -0.4 is 5.32 Å². The zero-order valence-corrected chi connectivity index (χ0v) is 10.8. The highest BCUT2D eigenvalue weighted by molar-refractivity contribution is 5.90. The van der Waals surface area contributed by atoms with Crippen LogP contribution in [-0.2, 0) is 22.6 Å². The topological polar surface area (TPSA) is 49.4 Å².